The van der Waals surface area contributed by atoms with Crippen LogP contribution in [0.2, 0.25) is 0 Å². The van der Waals surface area contributed by atoms with E-state index in [9.17, 15) is 27.5 Å². The lowest BCUT2D eigenvalue weighted by molar-refractivity contribution is -0.137. The van der Waals surface area contributed by atoms with Gasteiger partial charge in [-0.25, -0.2) is 14.4 Å². The molecule has 0 radical (unpaired) electrons. The van der Waals surface area contributed by atoms with Crippen LogP contribution >= 0.6 is 0 Å². The number of para-hydroxylation sites is 1. The number of aliphatic hydroxyl groups is 1. The fraction of sp³-hybridized carbons (Fsp3) is 0.393. The number of nitrogen functional groups attached to an aromatic ring is 1. The van der Waals surface area contributed by atoms with Crippen molar-refractivity contribution in [3.05, 3.63) is 76.5 Å². The minimum absolute atomic E-state index is 0.0235. The molecule has 2 atom stereocenters. The molecule has 212 valence electrons. The number of benzene rings is 2. The molecule has 2 aliphatic heterocycles. The number of halogens is 4. The summed E-state index contributed by atoms with van der Waals surface area (Å²) in [6.07, 6.45) is -4.16. The molecule has 1 unspecified atom stereocenters. The van der Waals surface area contributed by atoms with Crippen LogP contribution in [0.1, 0.15) is 47.6 Å². The van der Waals surface area contributed by atoms with E-state index < -0.39 is 29.0 Å². The molecule has 1 saturated heterocycles. The molecular weight excluding hydrogens is 528 g/mol. The van der Waals surface area contributed by atoms with E-state index in [4.69, 9.17) is 10.7 Å². The van der Waals surface area contributed by atoms with Crippen molar-refractivity contribution in [2.45, 2.75) is 44.4 Å². The first-order valence-corrected chi connectivity index (χ1v) is 12.9. The number of anilines is 3. The minimum atomic E-state index is -4.57. The molecule has 12 heteroatoms. The molecule has 2 aliphatic rings. The van der Waals surface area contributed by atoms with Crippen LogP contribution in [-0.2, 0) is 22.9 Å². The van der Waals surface area contributed by atoms with E-state index in [1.165, 1.54) is 29.2 Å². The zero-order valence-electron chi connectivity index (χ0n) is 22.1. The Morgan fingerprint density at radius 2 is 1.95 bits per heavy atom. The summed E-state index contributed by atoms with van der Waals surface area (Å²) in [5.41, 5.74) is 5.29. The van der Waals surface area contributed by atoms with Crippen LogP contribution in [-0.4, -0.2) is 52.1 Å². The molecule has 5 rings (SSSR count). The molecule has 4 N–H and O–H groups in total. The standard InChI is InChI=1S/C28H30F4N6O2/c1-16(18-11-19(28(30,31)32)13-20(33)12-18)34-25-21-14-38(23-6-4-3-5-22(23)29)26(40)27(24(21)35-17(2)36-25)7-8-37(15-27)9-10-39/h3-6,11-13,16,39H,7-10,14-15,33H2,1-2H3,(H,34,35,36)/t16-,27?/m1/s1. The second-order valence-corrected chi connectivity index (χ2v) is 10.4. The van der Waals surface area contributed by atoms with Gasteiger partial charge in [0.05, 0.1) is 36.1 Å². The molecule has 1 aromatic heterocycles. The molecule has 0 bridgehead atoms. The number of hydrogen-bond donors (Lipinski definition) is 3. The normalized spacial score (nSPS) is 20.2. The Bertz CT molecular complexity index is 1450. The maximum Gasteiger partial charge on any atom is 0.416 e. The quantitative estimate of drug-likeness (QED) is 0.308. The van der Waals surface area contributed by atoms with E-state index in [2.05, 4.69) is 10.3 Å². The number of alkyl halides is 3. The Kier molecular flexibility index (Phi) is 7.17. The number of likely N-dealkylation sites (tertiary alicyclic amines) is 1. The van der Waals surface area contributed by atoms with E-state index in [0.29, 0.717) is 48.0 Å². The molecule has 2 aromatic carbocycles. The second kappa shape index (κ2) is 10.3. The molecule has 8 nitrogen and oxygen atoms in total. The van der Waals surface area contributed by atoms with Gasteiger partial charge in [-0.1, -0.05) is 12.1 Å². The van der Waals surface area contributed by atoms with Gasteiger partial charge in [0, 0.05) is 24.3 Å². The summed E-state index contributed by atoms with van der Waals surface area (Å²) in [4.78, 5) is 26.7. The third kappa shape index (κ3) is 4.97. The van der Waals surface area contributed by atoms with Gasteiger partial charge in [0.25, 0.3) is 0 Å². The van der Waals surface area contributed by atoms with Gasteiger partial charge in [-0.05, 0) is 62.7 Å². The number of aliphatic hydroxyl groups excluding tert-OH is 1. The highest BCUT2D eigenvalue weighted by molar-refractivity contribution is 6.03. The number of fused-ring (bicyclic) bond motifs is 2. The van der Waals surface area contributed by atoms with Gasteiger partial charge in [0.2, 0.25) is 5.91 Å². The van der Waals surface area contributed by atoms with Gasteiger partial charge < -0.3 is 21.1 Å². The summed E-state index contributed by atoms with van der Waals surface area (Å²) >= 11 is 0. The summed E-state index contributed by atoms with van der Waals surface area (Å²) in [6, 6.07) is 8.73. The van der Waals surface area contributed by atoms with Crippen molar-refractivity contribution in [2.75, 3.05) is 42.2 Å². The number of β-amino-alcohol motifs (C(OH)–C–C–N with tert-alkyl or cyclic N) is 1. The van der Waals surface area contributed by atoms with Crippen LogP contribution in [0.5, 0.6) is 0 Å². The summed E-state index contributed by atoms with van der Waals surface area (Å²) in [7, 11) is 0. The summed E-state index contributed by atoms with van der Waals surface area (Å²) < 4.78 is 55.4. The molecule has 0 aliphatic carbocycles. The van der Waals surface area contributed by atoms with Crippen molar-refractivity contribution < 1.29 is 27.5 Å². The Balaban J connectivity index is 1.61. The first-order chi connectivity index (χ1) is 18.9. The lowest BCUT2D eigenvalue weighted by Gasteiger charge is -2.41. The van der Waals surface area contributed by atoms with Gasteiger partial charge in [-0.15, -0.1) is 0 Å². The van der Waals surface area contributed by atoms with Crippen LogP contribution in [0.25, 0.3) is 0 Å². The number of carbonyl (C=O) groups excluding carboxylic acids is 1. The van der Waals surface area contributed by atoms with Gasteiger partial charge in [0.1, 0.15) is 22.9 Å². The number of nitrogens with one attached hydrogen (secondary N) is 1. The first kappa shape index (κ1) is 27.8. The van der Waals surface area contributed by atoms with Crippen LogP contribution in [0.4, 0.5) is 34.8 Å². The molecule has 1 fully saturated rings. The topological polar surface area (TPSA) is 108 Å². The van der Waals surface area contributed by atoms with Crippen LogP contribution in [0.3, 0.4) is 0 Å². The predicted octanol–water partition coefficient (Wildman–Crippen LogP) is 4.18. The number of nitrogens with zero attached hydrogens (tertiary/aromatic N) is 4. The number of aromatic nitrogens is 2. The highest BCUT2D eigenvalue weighted by Crippen LogP contribution is 2.45. The largest absolute Gasteiger partial charge is 0.416 e. The number of aryl methyl sites for hydroxylation is 1. The fourth-order valence-electron chi connectivity index (χ4n) is 5.68. The monoisotopic (exact) mass is 558 g/mol. The lowest BCUT2D eigenvalue weighted by atomic mass is 9.76. The Labute approximate surface area is 228 Å². The SMILES string of the molecule is Cc1nc(N[C@H](C)c2cc(N)cc(C(F)(F)F)c2)c2c(n1)C1(CCN(CCO)C1)C(=O)N(c1ccccc1F)C2. The van der Waals surface area contributed by atoms with Gasteiger partial charge in [-0.3, -0.25) is 9.69 Å². The third-order valence-electron chi connectivity index (χ3n) is 7.61. The molecule has 1 spiro atoms. The third-order valence-corrected chi connectivity index (χ3v) is 7.61. The van der Waals surface area contributed by atoms with Gasteiger partial charge in [0.15, 0.2) is 0 Å². The van der Waals surface area contributed by atoms with Crippen molar-refractivity contribution in [3.63, 3.8) is 0 Å². The van der Waals surface area contributed by atoms with Crippen molar-refractivity contribution in [2.24, 2.45) is 0 Å². The maximum absolute atomic E-state index is 15.0. The number of rotatable bonds is 6. The Hall–Kier alpha value is -3.77. The molecular formula is C28H30F4N6O2. The molecule has 3 aromatic rings. The minimum Gasteiger partial charge on any atom is -0.399 e. The summed E-state index contributed by atoms with van der Waals surface area (Å²) in [5.74, 6) is -0.132. The predicted molar refractivity (Wildman–Crippen MR) is 142 cm³/mol. The van der Waals surface area contributed by atoms with E-state index in [0.717, 1.165) is 12.1 Å². The number of hydrogen-bond acceptors (Lipinski definition) is 7. The number of carbonyl (C=O) groups is 1. The average Bonchev–Trinajstić information content (AvgIpc) is 3.31. The van der Waals surface area contributed by atoms with Crippen molar-refractivity contribution in [3.8, 4) is 0 Å². The summed E-state index contributed by atoms with van der Waals surface area (Å²) in [5, 5.41) is 12.7. The maximum atomic E-state index is 15.0. The molecule has 3 heterocycles. The molecule has 1 amide bonds. The van der Waals surface area contributed by atoms with Gasteiger partial charge >= 0.3 is 6.18 Å². The number of nitrogens with two attached hydrogens (primary N) is 1. The van der Waals surface area contributed by atoms with Crippen molar-refractivity contribution in [1.29, 1.82) is 0 Å². The molecule has 40 heavy (non-hydrogen) atoms. The first-order valence-electron chi connectivity index (χ1n) is 12.9. The van der Waals surface area contributed by atoms with Crippen LogP contribution < -0.4 is 16.0 Å². The van der Waals surface area contributed by atoms with Gasteiger partial charge in [-0.2, -0.15) is 13.2 Å². The lowest BCUT2D eigenvalue weighted by Crippen LogP contribution is -2.54. The highest BCUT2D eigenvalue weighted by atomic mass is 19.4. The zero-order valence-corrected chi connectivity index (χ0v) is 22.1. The highest BCUT2D eigenvalue weighted by Gasteiger charge is 2.54. The van der Waals surface area contributed by atoms with E-state index in [1.54, 1.807) is 19.9 Å². The van der Waals surface area contributed by atoms with Crippen molar-refractivity contribution >= 4 is 23.1 Å². The molecule has 0 saturated carbocycles. The summed E-state index contributed by atoms with van der Waals surface area (Å²) in [6.45, 7) is 4.43. The zero-order chi connectivity index (χ0) is 28.8. The van der Waals surface area contributed by atoms with E-state index >= 15 is 0 Å². The number of amides is 1. The van der Waals surface area contributed by atoms with Crippen molar-refractivity contribution in [1.82, 2.24) is 14.9 Å². The Morgan fingerprint density at radius 1 is 1.20 bits per heavy atom. The van der Waals surface area contributed by atoms with E-state index in [1.807, 2.05) is 4.90 Å². The Morgan fingerprint density at radius 3 is 2.65 bits per heavy atom. The van der Waals surface area contributed by atoms with E-state index in [-0.39, 0.29) is 37.0 Å². The van der Waals surface area contributed by atoms with Crippen LogP contribution in [0, 0.1) is 12.7 Å². The average molecular weight is 559 g/mol. The fourth-order valence-corrected chi connectivity index (χ4v) is 5.68. The second-order valence-electron chi connectivity index (χ2n) is 10.4. The smallest absolute Gasteiger partial charge is 0.399 e. The van der Waals surface area contributed by atoms with Crippen LogP contribution in [0.15, 0.2) is 42.5 Å².